The number of benzene rings is 1. The third-order valence-electron chi connectivity index (χ3n) is 4.60. The van der Waals surface area contributed by atoms with Crippen LogP contribution >= 0.6 is 0 Å². The fraction of sp³-hybridized carbons (Fsp3) is 0.562. The molecule has 0 aromatic heterocycles. The molecule has 130 valence electrons. The molecule has 3 aliphatic rings. The summed E-state index contributed by atoms with van der Waals surface area (Å²) in [6.45, 7) is 0.514. The van der Waals surface area contributed by atoms with Crippen molar-refractivity contribution in [1.29, 1.82) is 0 Å². The summed E-state index contributed by atoms with van der Waals surface area (Å²) in [6.07, 6.45) is 5.25. The molecule has 2 heterocycles. The Hall–Kier alpha value is -1.87. The van der Waals surface area contributed by atoms with Crippen LogP contribution in [0.4, 0.5) is 5.69 Å². The van der Waals surface area contributed by atoms with E-state index in [4.69, 9.17) is 19.4 Å². The van der Waals surface area contributed by atoms with Gasteiger partial charge in [-0.3, -0.25) is 9.68 Å². The van der Waals surface area contributed by atoms with Gasteiger partial charge in [-0.1, -0.05) is 5.64 Å². The van der Waals surface area contributed by atoms with Crippen LogP contribution in [0.25, 0.3) is 0 Å². The molecule has 0 radical (unpaired) electrons. The first-order valence-corrected chi connectivity index (χ1v) is 8.35. The second-order valence-electron chi connectivity index (χ2n) is 6.31. The Morgan fingerprint density at radius 3 is 2.71 bits per heavy atom. The number of carbonyl (C=O) groups excluding carboxylic acids is 1. The monoisotopic (exact) mass is 335 g/mol. The minimum Gasteiger partial charge on any atom is -0.382 e. The molecule has 1 saturated carbocycles. The van der Waals surface area contributed by atoms with Gasteiger partial charge in [-0.15, -0.1) is 0 Å². The average Bonchev–Trinajstić information content (AvgIpc) is 3.06. The summed E-state index contributed by atoms with van der Waals surface area (Å²) < 4.78 is 0. The molecule has 2 fully saturated rings. The van der Waals surface area contributed by atoms with Crippen molar-refractivity contribution in [3.8, 4) is 11.5 Å². The maximum absolute atomic E-state index is 10.8. The fourth-order valence-electron chi connectivity index (χ4n) is 3.21. The van der Waals surface area contributed by atoms with E-state index in [0.29, 0.717) is 30.6 Å². The summed E-state index contributed by atoms with van der Waals surface area (Å²) in [5.41, 5.74) is 3.36. The van der Waals surface area contributed by atoms with Gasteiger partial charge in [0.1, 0.15) is 6.29 Å². The van der Waals surface area contributed by atoms with E-state index >= 15 is 0 Å². The van der Waals surface area contributed by atoms with E-state index in [9.17, 15) is 4.79 Å². The van der Waals surface area contributed by atoms with Crippen molar-refractivity contribution in [2.75, 3.05) is 11.9 Å². The predicted molar refractivity (Wildman–Crippen MR) is 83.5 cm³/mol. The Balaban J connectivity index is 1.36. The lowest BCUT2D eigenvalue weighted by Crippen LogP contribution is -2.46. The predicted octanol–water partition coefficient (Wildman–Crippen LogP) is 1.94. The Bertz CT molecular complexity index is 585. The number of hydrogen-bond acceptors (Lipinski definition) is 8. The Kier molecular flexibility index (Phi) is 4.52. The lowest BCUT2D eigenvalue weighted by atomic mass is 9.87. The van der Waals surface area contributed by atoms with Gasteiger partial charge in [0.2, 0.25) is 6.23 Å². The zero-order chi connectivity index (χ0) is 16.4. The maximum atomic E-state index is 10.8. The van der Waals surface area contributed by atoms with Gasteiger partial charge >= 0.3 is 0 Å². The normalized spacial score (nSPS) is 30.1. The quantitative estimate of drug-likeness (QED) is 0.808. The van der Waals surface area contributed by atoms with Gasteiger partial charge in [0, 0.05) is 30.1 Å². The second-order valence-corrected chi connectivity index (χ2v) is 6.31. The van der Waals surface area contributed by atoms with Crippen molar-refractivity contribution in [3.63, 3.8) is 0 Å². The van der Waals surface area contributed by atoms with Crippen LogP contribution in [-0.2, 0) is 14.5 Å². The summed E-state index contributed by atoms with van der Waals surface area (Å²) >= 11 is 0. The third kappa shape index (κ3) is 3.32. The molecule has 0 amide bonds. The highest BCUT2D eigenvalue weighted by atomic mass is 17.0. The first kappa shape index (κ1) is 15.6. The van der Waals surface area contributed by atoms with Gasteiger partial charge in [0.25, 0.3) is 0 Å². The zero-order valence-electron chi connectivity index (χ0n) is 13.3. The molecular weight excluding hydrogens is 314 g/mol. The summed E-state index contributed by atoms with van der Waals surface area (Å²) in [5, 5.41) is 4.85. The molecule has 24 heavy (non-hydrogen) atoms. The molecule has 8 nitrogen and oxygen atoms in total. The largest absolute Gasteiger partial charge is 0.382 e. The number of aldehydes is 1. The third-order valence-corrected chi connectivity index (χ3v) is 4.60. The SMILES string of the molecule is O=CC1CCC(Nc2ccc3c(c2)ON(C2CCONO2)O3)CC1. The number of rotatable bonds is 4. The van der Waals surface area contributed by atoms with Crippen LogP contribution < -0.4 is 20.6 Å². The van der Waals surface area contributed by atoms with Crippen LogP contribution in [0.2, 0.25) is 0 Å². The van der Waals surface area contributed by atoms with Crippen molar-refractivity contribution >= 4 is 12.0 Å². The van der Waals surface area contributed by atoms with Gasteiger partial charge in [0.05, 0.1) is 11.8 Å². The highest BCUT2D eigenvalue weighted by molar-refractivity contribution is 5.56. The molecule has 2 aliphatic heterocycles. The molecule has 1 saturated heterocycles. The van der Waals surface area contributed by atoms with Crippen molar-refractivity contribution in [1.82, 2.24) is 10.9 Å². The van der Waals surface area contributed by atoms with E-state index in [2.05, 4.69) is 11.0 Å². The van der Waals surface area contributed by atoms with E-state index < -0.39 is 0 Å². The minimum absolute atomic E-state index is 0.224. The van der Waals surface area contributed by atoms with Gasteiger partial charge < -0.3 is 19.8 Å². The minimum atomic E-state index is -0.374. The molecule has 1 unspecified atom stereocenters. The summed E-state index contributed by atoms with van der Waals surface area (Å²) in [7, 11) is 0. The Morgan fingerprint density at radius 1 is 1.12 bits per heavy atom. The molecule has 1 aromatic rings. The average molecular weight is 335 g/mol. The van der Waals surface area contributed by atoms with Crippen LogP contribution in [0.15, 0.2) is 18.2 Å². The van der Waals surface area contributed by atoms with Gasteiger partial charge in [-0.25, -0.2) is 0 Å². The van der Waals surface area contributed by atoms with Crippen molar-refractivity contribution in [2.24, 2.45) is 5.92 Å². The van der Waals surface area contributed by atoms with Crippen LogP contribution in [0.3, 0.4) is 0 Å². The molecule has 1 atom stereocenters. The van der Waals surface area contributed by atoms with E-state index in [1.54, 1.807) is 0 Å². The maximum Gasteiger partial charge on any atom is 0.208 e. The number of hydrogen-bond donors (Lipinski definition) is 2. The van der Waals surface area contributed by atoms with Crippen molar-refractivity contribution < 1.29 is 24.1 Å². The summed E-state index contributed by atoms with van der Waals surface area (Å²) in [5.74, 6) is 1.53. The van der Waals surface area contributed by atoms with E-state index in [-0.39, 0.29) is 12.1 Å². The summed E-state index contributed by atoms with van der Waals surface area (Å²) in [4.78, 5) is 32.3. The van der Waals surface area contributed by atoms with Gasteiger partial charge in [0.15, 0.2) is 11.5 Å². The Labute approximate surface area is 139 Å². The highest BCUT2D eigenvalue weighted by Crippen LogP contribution is 2.38. The van der Waals surface area contributed by atoms with Gasteiger partial charge in [-0.05, 0) is 37.8 Å². The number of carbonyl (C=O) groups is 1. The molecule has 1 aromatic carbocycles. The summed E-state index contributed by atoms with van der Waals surface area (Å²) in [6, 6.07) is 6.16. The standard InChI is InChI=1S/C16H21N3O5/c20-10-11-1-3-12(4-2-11)17-13-5-6-14-15(9-13)24-19(23-14)16-7-8-21-18-22-16/h5-6,9-12,16-18H,1-4,7-8H2. The van der Waals surface area contributed by atoms with E-state index in [1.165, 1.54) is 5.23 Å². The lowest BCUT2D eigenvalue weighted by Gasteiger charge is -2.27. The van der Waals surface area contributed by atoms with Crippen LogP contribution in [0.1, 0.15) is 32.1 Å². The number of fused-ring (bicyclic) bond motifs is 1. The van der Waals surface area contributed by atoms with Gasteiger partial charge in [-0.2, -0.15) is 0 Å². The van der Waals surface area contributed by atoms with E-state index in [0.717, 1.165) is 37.7 Å². The topological polar surface area (TPSA) is 81.3 Å². The molecule has 4 rings (SSSR count). The number of nitrogens with one attached hydrogen (secondary N) is 2. The molecule has 0 bridgehead atoms. The molecule has 1 aliphatic carbocycles. The molecular formula is C16H21N3O5. The van der Waals surface area contributed by atoms with Crippen LogP contribution in [0.5, 0.6) is 11.5 Å². The highest BCUT2D eigenvalue weighted by Gasteiger charge is 2.33. The van der Waals surface area contributed by atoms with Crippen LogP contribution in [-0.4, -0.2) is 30.4 Å². The van der Waals surface area contributed by atoms with Crippen molar-refractivity contribution in [3.05, 3.63) is 18.2 Å². The molecule has 2 N–H and O–H groups in total. The molecule has 8 heteroatoms. The lowest BCUT2D eigenvalue weighted by molar-refractivity contribution is -0.376. The number of anilines is 1. The smallest absolute Gasteiger partial charge is 0.208 e. The molecule has 0 spiro atoms. The van der Waals surface area contributed by atoms with Crippen molar-refractivity contribution in [2.45, 2.75) is 44.4 Å². The zero-order valence-corrected chi connectivity index (χ0v) is 13.3. The fourth-order valence-corrected chi connectivity index (χ4v) is 3.21. The second kappa shape index (κ2) is 6.94. The number of nitrogens with zero attached hydrogens (tertiary/aromatic N) is 1. The Morgan fingerprint density at radius 2 is 1.96 bits per heavy atom. The van der Waals surface area contributed by atoms with E-state index in [1.807, 2.05) is 18.2 Å². The first-order chi connectivity index (χ1) is 11.8. The number of hydroxylamine groups is 2. The van der Waals surface area contributed by atoms with Crippen LogP contribution in [0, 0.1) is 5.92 Å². The first-order valence-electron chi connectivity index (χ1n) is 8.35.